The number of rotatable bonds is 6. The van der Waals surface area contributed by atoms with Gasteiger partial charge < -0.3 is 25.7 Å². The lowest BCUT2D eigenvalue weighted by Crippen LogP contribution is -2.41. The number of thiocarbonyl (C=S) groups is 1. The lowest BCUT2D eigenvalue weighted by Gasteiger charge is -2.26. The topological polar surface area (TPSA) is 102 Å². The van der Waals surface area contributed by atoms with E-state index in [0.29, 0.717) is 0 Å². The molecule has 0 radical (unpaired) electrons. The second-order valence-electron chi connectivity index (χ2n) is 5.05. The van der Waals surface area contributed by atoms with Crippen LogP contribution in [0.1, 0.15) is 39.0 Å². The summed E-state index contributed by atoms with van der Waals surface area (Å²) < 4.78 is 0. The Labute approximate surface area is 137 Å². The van der Waals surface area contributed by atoms with Crippen molar-refractivity contribution in [1.29, 1.82) is 0 Å². The van der Waals surface area contributed by atoms with Crippen LogP contribution in [0.15, 0.2) is 0 Å². The highest BCUT2D eigenvalue weighted by atomic mass is 32.1. The van der Waals surface area contributed by atoms with E-state index in [1.165, 1.54) is 45.2 Å². The Kier molecular flexibility index (Phi) is 12.4. The van der Waals surface area contributed by atoms with E-state index in [0.717, 1.165) is 24.7 Å². The number of hydrogen-bond donors (Lipinski definition) is 4. The van der Waals surface area contributed by atoms with Crippen LogP contribution in [0.5, 0.6) is 0 Å². The Balaban J connectivity index is 0.000000626. The summed E-state index contributed by atoms with van der Waals surface area (Å²) in [6, 6.07) is 0. The Bertz CT molecular complexity index is 335. The van der Waals surface area contributed by atoms with Gasteiger partial charge in [0.2, 0.25) is 0 Å². The third kappa shape index (κ3) is 12.3. The van der Waals surface area contributed by atoms with E-state index in [1.807, 2.05) is 0 Å². The average Bonchev–Trinajstić information content (AvgIpc) is 2.49. The van der Waals surface area contributed by atoms with E-state index in [-0.39, 0.29) is 0 Å². The molecular formula is C14H27N3O4S. The summed E-state index contributed by atoms with van der Waals surface area (Å²) in [6.45, 7) is 7.80. The summed E-state index contributed by atoms with van der Waals surface area (Å²) in [5.41, 5.74) is 0. The number of aliphatic carboxylic acids is 2. The van der Waals surface area contributed by atoms with Crippen molar-refractivity contribution in [1.82, 2.24) is 15.5 Å². The first-order chi connectivity index (χ1) is 10.5. The molecule has 1 aliphatic rings. The van der Waals surface area contributed by atoms with E-state index in [4.69, 9.17) is 32.0 Å². The van der Waals surface area contributed by atoms with Gasteiger partial charge in [-0.15, -0.1) is 0 Å². The molecule has 0 aromatic heterocycles. The molecule has 128 valence electrons. The molecule has 8 heteroatoms. The summed E-state index contributed by atoms with van der Waals surface area (Å²) in [5, 5.41) is 22.1. The van der Waals surface area contributed by atoms with Gasteiger partial charge in [-0.2, -0.15) is 0 Å². The van der Waals surface area contributed by atoms with Crippen molar-refractivity contribution in [3.8, 4) is 0 Å². The van der Waals surface area contributed by atoms with Crippen LogP contribution in [0.2, 0.25) is 0 Å². The molecule has 0 unspecified atom stereocenters. The van der Waals surface area contributed by atoms with Gasteiger partial charge in [-0.3, -0.25) is 0 Å². The normalized spacial score (nSPS) is 14.4. The number of nitrogens with zero attached hydrogens (tertiary/aromatic N) is 1. The first-order valence-electron chi connectivity index (χ1n) is 7.67. The maximum Gasteiger partial charge on any atom is 0.414 e. The molecule has 0 bridgehead atoms. The van der Waals surface area contributed by atoms with Crippen molar-refractivity contribution in [2.24, 2.45) is 0 Å². The zero-order valence-electron chi connectivity index (χ0n) is 13.1. The van der Waals surface area contributed by atoms with Gasteiger partial charge in [0, 0.05) is 19.6 Å². The van der Waals surface area contributed by atoms with E-state index < -0.39 is 11.9 Å². The fourth-order valence-electron chi connectivity index (χ4n) is 1.95. The third-order valence-corrected chi connectivity index (χ3v) is 3.45. The molecule has 7 nitrogen and oxygen atoms in total. The van der Waals surface area contributed by atoms with Crippen LogP contribution in [0, 0.1) is 0 Å². The van der Waals surface area contributed by atoms with Crippen molar-refractivity contribution in [2.75, 3.05) is 32.7 Å². The van der Waals surface area contributed by atoms with Crippen LogP contribution >= 0.6 is 12.2 Å². The van der Waals surface area contributed by atoms with Crippen LogP contribution in [0.25, 0.3) is 0 Å². The maximum absolute atomic E-state index is 9.10. The number of carbonyl (C=O) groups is 2. The number of carboxylic acids is 2. The molecule has 1 aliphatic heterocycles. The van der Waals surface area contributed by atoms with E-state index >= 15 is 0 Å². The molecule has 1 rings (SSSR count). The van der Waals surface area contributed by atoms with Crippen LogP contribution < -0.4 is 10.6 Å². The van der Waals surface area contributed by atoms with Crippen LogP contribution in [-0.4, -0.2) is 64.9 Å². The Morgan fingerprint density at radius 2 is 1.59 bits per heavy atom. The molecular weight excluding hydrogens is 306 g/mol. The van der Waals surface area contributed by atoms with Crippen molar-refractivity contribution < 1.29 is 19.8 Å². The molecule has 1 heterocycles. The van der Waals surface area contributed by atoms with E-state index in [2.05, 4.69) is 22.5 Å². The Hall–Kier alpha value is -1.41. The standard InChI is InChI=1S/C12H25N3S.C2H2O4/c1-2-3-7-13-12(16)14-8-11-15-9-5-4-6-10-15;3-1(4)2(5)6/h2-11H2,1H3,(H2,13,14,16);(H,3,4)(H,5,6). The maximum atomic E-state index is 9.10. The minimum atomic E-state index is -1.82. The lowest BCUT2D eigenvalue weighted by atomic mass is 10.1. The van der Waals surface area contributed by atoms with Gasteiger partial charge >= 0.3 is 11.9 Å². The molecule has 1 fully saturated rings. The highest BCUT2D eigenvalue weighted by molar-refractivity contribution is 7.80. The smallest absolute Gasteiger partial charge is 0.414 e. The number of unbranched alkanes of at least 4 members (excludes halogenated alkanes) is 1. The summed E-state index contributed by atoms with van der Waals surface area (Å²) in [4.78, 5) is 20.7. The average molecular weight is 333 g/mol. The largest absolute Gasteiger partial charge is 0.473 e. The van der Waals surface area contributed by atoms with Crippen LogP contribution in [-0.2, 0) is 9.59 Å². The van der Waals surface area contributed by atoms with Crippen LogP contribution in [0.3, 0.4) is 0 Å². The molecule has 0 spiro atoms. The predicted octanol–water partition coefficient (Wildman–Crippen LogP) is 0.892. The fraction of sp³-hybridized carbons (Fsp3) is 0.786. The first kappa shape index (κ1) is 20.6. The molecule has 0 amide bonds. The minimum Gasteiger partial charge on any atom is -0.473 e. The van der Waals surface area contributed by atoms with Gasteiger partial charge in [-0.05, 0) is 44.6 Å². The molecule has 0 aromatic rings. The zero-order chi connectivity index (χ0) is 16.8. The summed E-state index contributed by atoms with van der Waals surface area (Å²) in [7, 11) is 0. The second kappa shape index (κ2) is 13.3. The van der Waals surface area contributed by atoms with Gasteiger partial charge in [0.25, 0.3) is 0 Å². The number of nitrogens with one attached hydrogen (secondary N) is 2. The predicted molar refractivity (Wildman–Crippen MR) is 89.1 cm³/mol. The highest BCUT2D eigenvalue weighted by Crippen LogP contribution is 2.07. The summed E-state index contributed by atoms with van der Waals surface area (Å²) >= 11 is 5.19. The molecule has 0 aliphatic carbocycles. The van der Waals surface area contributed by atoms with Gasteiger partial charge in [0.1, 0.15) is 0 Å². The van der Waals surface area contributed by atoms with E-state index in [9.17, 15) is 0 Å². The molecule has 0 saturated carbocycles. The Morgan fingerprint density at radius 1 is 1.05 bits per heavy atom. The molecule has 0 atom stereocenters. The first-order valence-corrected chi connectivity index (χ1v) is 8.08. The number of piperidine rings is 1. The molecule has 22 heavy (non-hydrogen) atoms. The summed E-state index contributed by atoms with van der Waals surface area (Å²) in [6.07, 6.45) is 6.52. The van der Waals surface area contributed by atoms with Gasteiger partial charge in [0.05, 0.1) is 0 Å². The minimum absolute atomic E-state index is 0.811. The second-order valence-corrected chi connectivity index (χ2v) is 5.46. The molecule has 0 aromatic carbocycles. The third-order valence-electron chi connectivity index (χ3n) is 3.16. The Morgan fingerprint density at radius 3 is 2.09 bits per heavy atom. The van der Waals surface area contributed by atoms with Crippen molar-refractivity contribution in [3.63, 3.8) is 0 Å². The fourth-order valence-corrected chi connectivity index (χ4v) is 2.16. The van der Waals surface area contributed by atoms with Gasteiger partial charge in [-0.1, -0.05) is 19.8 Å². The van der Waals surface area contributed by atoms with Crippen molar-refractivity contribution in [2.45, 2.75) is 39.0 Å². The van der Waals surface area contributed by atoms with Crippen molar-refractivity contribution >= 4 is 29.3 Å². The number of likely N-dealkylation sites (tertiary alicyclic amines) is 1. The number of hydrogen-bond acceptors (Lipinski definition) is 4. The highest BCUT2D eigenvalue weighted by Gasteiger charge is 2.08. The number of carboxylic acid groups (broad SMARTS) is 2. The quantitative estimate of drug-likeness (QED) is 0.323. The molecule has 1 saturated heterocycles. The van der Waals surface area contributed by atoms with Gasteiger partial charge in [-0.25, -0.2) is 9.59 Å². The van der Waals surface area contributed by atoms with Crippen LogP contribution in [0.4, 0.5) is 0 Å². The molecule has 4 N–H and O–H groups in total. The van der Waals surface area contributed by atoms with Gasteiger partial charge in [0.15, 0.2) is 5.11 Å². The van der Waals surface area contributed by atoms with Crippen molar-refractivity contribution in [3.05, 3.63) is 0 Å². The summed E-state index contributed by atoms with van der Waals surface area (Å²) in [5.74, 6) is -3.65. The van der Waals surface area contributed by atoms with E-state index in [1.54, 1.807) is 0 Å². The lowest BCUT2D eigenvalue weighted by molar-refractivity contribution is -0.159. The zero-order valence-corrected chi connectivity index (χ0v) is 14.0. The monoisotopic (exact) mass is 333 g/mol. The SMILES string of the molecule is CCCCNC(=S)NCCN1CCCCC1.O=C(O)C(=O)O.